The topological polar surface area (TPSA) is 92.3 Å². The number of nitrogens with zero attached hydrogens (tertiary/aromatic N) is 2. The van der Waals surface area contributed by atoms with Gasteiger partial charge in [0.1, 0.15) is 17.7 Å². The van der Waals surface area contributed by atoms with Crippen molar-refractivity contribution in [3.05, 3.63) is 27.7 Å². The van der Waals surface area contributed by atoms with Gasteiger partial charge in [-0.25, -0.2) is 4.79 Å². The molecule has 0 N–H and O–H groups in total. The Morgan fingerprint density at radius 2 is 1.91 bits per heavy atom. The molecule has 0 bridgehead atoms. The molecule has 0 spiro atoms. The third kappa shape index (κ3) is 5.65. The van der Waals surface area contributed by atoms with Gasteiger partial charge < -0.3 is 14.2 Å². The number of esters is 1. The predicted molar refractivity (Wildman–Crippen MR) is 86.6 cm³/mol. The summed E-state index contributed by atoms with van der Waals surface area (Å²) in [6.07, 6.45) is 1.43. The Balaban J connectivity index is 3.12. The summed E-state index contributed by atoms with van der Waals surface area (Å²) in [5.41, 5.74) is 0.571. The predicted octanol–water partition coefficient (Wildman–Crippen LogP) is 3.22. The van der Waals surface area contributed by atoms with Crippen LogP contribution in [0, 0.1) is 22.7 Å². The second kappa shape index (κ2) is 9.50. The summed E-state index contributed by atoms with van der Waals surface area (Å²) in [5.74, 6) is 0.266. The van der Waals surface area contributed by atoms with Crippen molar-refractivity contribution in [1.29, 1.82) is 10.5 Å². The lowest BCUT2D eigenvalue weighted by Crippen LogP contribution is -2.15. The smallest absolute Gasteiger partial charge is 0.344 e. The number of ether oxygens (including phenoxy) is 3. The van der Waals surface area contributed by atoms with Crippen LogP contribution < -0.4 is 9.47 Å². The molecule has 1 aromatic carbocycles. The van der Waals surface area contributed by atoms with E-state index in [1.54, 1.807) is 31.2 Å². The van der Waals surface area contributed by atoms with Crippen LogP contribution >= 0.6 is 15.9 Å². The monoisotopic (exact) mass is 378 g/mol. The largest absolute Gasteiger partial charge is 0.490 e. The van der Waals surface area contributed by atoms with E-state index >= 15 is 0 Å². The molecule has 1 aromatic rings. The van der Waals surface area contributed by atoms with E-state index in [1.165, 1.54) is 6.08 Å². The number of carbonyl (C=O) groups is 1. The summed E-state index contributed by atoms with van der Waals surface area (Å²) in [7, 11) is 0. The molecule has 0 atom stereocenters. The number of benzene rings is 1. The zero-order valence-electron chi connectivity index (χ0n) is 12.8. The fraction of sp³-hybridized carbons (Fsp3) is 0.312. The fourth-order valence-electron chi connectivity index (χ4n) is 1.66. The van der Waals surface area contributed by atoms with Crippen LogP contribution in [-0.2, 0) is 9.53 Å². The van der Waals surface area contributed by atoms with Gasteiger partial charge in [0.05, 0.1) is 17.7 Å². The summed E-state index contributed by atoms with van der Waals surface area (Å²) in [5, 5.41) is 17.6. The average Bonchev–Trinajstić information content (AvgIpc) is 2.52. The van der Waals surface area contributed by atoms with E-state index in [0.717, 1.165) is 0 Å². The summed E-state index contributed by atoms with van der Waals surface area (Å²) in [6, 6.07) is 6.88. The van der Waals surface area contributed by atoms with Gasteiger partial charge in [0, 0.05) is 0 Å². The molecule has 6 nitrogen and oxygen atoms in total. The van der Waals surface area contributed by atoms with E-state index in [9.17, 15) is 4.79 Å². The molecule has 0 aliphatic carbocycles. The van der Waals surface area contributed by atoms with Gasteiger partial charge in [0.25, 0.3) is 0 Å². The van der Waals surface area contributed by atoms with Gasteiger partial charge in [-0.05, 0) is 53.5 Å². The molecule has 0 unspecified atom stereocenters. The molecule has 0 saturated heterocycles. The zero-order valence-corrected chi connectivity index (χ0v) is 14.3. The minimum atomic E-state index is -0.484. The maximum atomic E-state index is 11.4. The van der Waals surface area contributed by atoms with E-state index < -0.39 is 5.97 Å². The van der Waals surface area contributed by atoms with Crippen molar-refractivity contribution in [2.24, 2.45) is 0 Å². The molecular formula is C16H15BrN2O4. The maximum Gasteiger partial charge on any atom is 0.344 e. The molecule has 0 fully saturated rings. The summed E-state index contributed by atoms with van der Waals surface area (Å²) in [4.78, 5) is 11.4. The van der Waals surface area contributed by atoms with Crippen molar-refractivity contribution in [1.82, 2.24) is 0 Å². The highest BCUT2D eigenvalue weighted by atomic mass is 79.9. The number of halogens is 1. The molecule has 1 rings (SSSR count). The quantitative estimate of drug-likeness (QED) is 0.534. The summed E-state index contributed by atoms with van der Waals surface area (Å²) in [6.45, 7) is 3.93. The zero-order chi connectivity index (χ0) is 17.2. The Labute approximate surface area is 143 Å². The van der Waals surface area contributed by atoms with Crippen molar-refractivity contribution < 1.29 is 19.0 Å². The molecule has 0 saturated carbocycles. The third-order valence-electron chi connectivity index (χ3n) is 2.52. The van der Waals surface area contributed by atoms with E-state index in [4.69, 9.17) is 24.7 Å². The Kier molecular flexibility index (Phi) is 7.65. The van der Waals surface area contributed by atoms with Gasteiger partial charge in [0.15, 0.2) is 18.1 Å². The lowest BCUT2D eigenvalue weighted by atomic mass is 10.1. The molecule has 7 heteroatoms. The Morgan fingerprint density at radius 3 is 2.48 bits per heavy atom. The number of hydrogen-bond donors (Lipinski definition) is 0. The van der Waals surface area contributed by atoms with Crippen LogP contribution in [0.1, 0.15) is 19.4 Å². The first-order valence-electron chi connectivity index (χ1n) is 6.82. The van der Waals surface area contributed by atoms with Gasteiger partial charge in [-0.3, -0.25) is 0 Å². The first kappa shape index (κ1) is 18.5. The minimum absolute atomic E-state index is 0.0282. The SMILES string of the molecule is CCOC(=O)COc1c(Br)cc(C=C(C#N)C#N)cc1OCC. The third-order valence-corrected chi connectivity index (χ3v) is 3.11. The van der Waals surface area contributed by atoms with Crippen LogP contribution in [0.4, 0.5) is 0 Å². The van der Waals surface area contributed by atoms with E-state index in [2.05, 4.69) is 15.9 Å². The summed E-state index contributed by atoms with van der Waals surface area (Å²) < 4.78 is 16.3. The standard InChI is InChI=1S/C16H15BrN2O4/c1-3-21-14-7-11(5-12(8-18)9-19)6-13(17)16(14)23-10-15(20)22-4-2/h5-7H,3-4,10H2,1-2H3. The molecule has 120 valence electrons. The molecule has 0 amide bonds. The number of carbonyl (C=O) groups excluding carboxylic acids is 1. The molecule has 0 aromatic heterocycles. The Morgan fingerprint density at radius 1 is 1.22 bits per heavy atom. The van der Waals surface area contributed by atoms with Gasteiger partial charge in [0.2, 0.25) is 0 Å². The fourth-order valence-corrected chi connectivity index (χ4v) is 2.24. The van der Waals surface area contributed by atoms with Crippen molar-refractivity contribution in [3.8, 4) is 23.6 Å². The van der Waals surface area contributed by atoms with Crippen molar-refractivity contribution in [3.63, 3.8) is 0 Å². The molecule has 0 heterocycles. The average molecular weight is 379 g/mol. The van der Waals surface area contributed by atoms with Gasteiger partial charge in [-0.15, -0.1) is 0 Å². The van der Waals surface area contributed by atoms with Crippen molar-refractivity contribution >= 4 is 28.0 Å². The first-order valence-corrected chi connectivity index (χ1v) is 7.61. The van der Waals surface area contributed by atoms with Crippen molar-refractivity contribution in [2.45, 2.75) is 13.8 Å². The number of rotatable bonds is 7. The van der Waals surface area contributed by atoms with Crippen LogP contribution in [0.5, 0.6) is 11.5 Å². The van der Waals surface area contributed by atoms with Crippen LogP contribution in [0.3, 0.4) is 0 Å². The molecule has 0 aliphatic rings. The van der Waals surface area contributed by atoms with Crippen LogP contribution in [0.15, 0.2) is 22.2 Å². The molecule has 0 radical (unpaired) electrons. The van der Waals surface area contributed by atoms with E-state index in [0.29, 0.717) is 28.1 Å². The lowest BCUT2D eigenvalue weighted by molar-refractivity contribution is -0.145. The Hall–Kier alpha value is -2.51. The first-order chi connectivity index (χ1) is 11.0. The van der Waals surface area contributed by atoms with Crippen LogP contribution in [0.2, 0.25) is 0 Å². The van der Waals surface area contributed by atoms with E-state index in [-0.39, 0.29) is 18.8 Å². The van der Waals surface area contributed by atoms with Crippen molar-refractivity contribution in [2.75, 3.05) is 19.8 Å². The van der Waals surface area contributed by atoms with Gasteiger partial charge in [-0.1, -0.05) is 0 Å². The Bertz CT molecular complexity index is 671. The molecule has 0 aliphatic heterocycles. The second-order valence-corrected chi connectivity index (χ2v) is 4.99. The van der Waals surface area contributed by atoms with Gasteiger partial charge >= 0.3 is 5.97 Å². The number of hydrogen-bond acceptors (Lipinski definition) is 6. The summed E-state index contributed by atoms with van der Waals surface area (Å²) >= 11 is 3.34. The number of allylic oxidation sites excluding steroid dienone is 1. The number of nitriles is 2. The lowest BCUT2D eigenvalue weighted by Gasteiger charge is -2.14. The highest BCUT2D eigenvalue weighted by molar-refractivity contribution is 9.10. The molecule has 23 heavy (non-hydrogen) atoms. The van der Waals surface area contributed by atoms with Gasteiger partial charge in [-0.2, -0.15) is 10.5 Å². The normalized spacial score (nSPS) is 9.26. The van der Waals surface area contributed by atoms with Crippen LogP contribution in [-0.4, -0.2) is 25.8 Å². The van der Waals surface area contributed by atoms with E-state index in [1.807, 2.05) is 6.92 Å². The minimum Gasteiger partial charge on any atom is -0.490 e. The maximum absolute atomic E-state index is 11.4. The highest BCUT2D eigenvalue weighted by Crippen LogP contribution is 2.37. The highest BCUT2D eigenvalue weighted by Gasteiger charge is 2.14. The second-order valence-electron chi connectivity index (χ2n) is 4.14. The molecular weight excluding hydrogens is 364 g/mol. The van der Waals surface area contributed by atoms with Crippen LogP contribution in [0.25, 0.3) is 6.08 Å².